The number of amides is 2. The second-order valence-corrected chi connectivity index (χ2v) is 7.22. The standard InChI is InChI=1S/C15H23NO4S/c1-10-3-5-12(6-4-10)8-16-14(18)7-13(15(16)19)21-9-20-11(2)17/h10,12-13H,3-9H2,1-2H3. The molecule has 5 nitrogen and oxygen atoms in total. The van der Waals surface area contributed by atoms with Gasteiger partial charge in [0.15, 0.2) is 0 Å². The molecule has 1 saturated carbocycles. The third kappa shape index (κ3) is 4.46. The van der Waals surface area contributed by atoms with Gasteiger partial charge in [0, 0.05) is 19.9 Å². The first-order chi connectivity index (χ1) is 9.97. The van der Waals surface area contributed by atoms with Gasteiger partial charge in [-0.25, -0.2) is 0 Å². The number of thioether (sulfide) groups is 1. The van der Waals surface area contributed by atoms with Crippen molar-refractivity contribution in [2.24, 2.45) is 11.8 Å². The molecule has 2 amide bonds. The quantitative estimate of drug-likeness (QED) is 0.442. The van der Waals surface area contributed by atoms with Gasteiger partial charge in [0.05, 0.1) is 5.25 Å². The van der Waals surface area contributed by atoms with Gasteiger partial charge in [-0.05, 0) is 24.7 Å². The highest BCUT2D eigenvalue weighted by Gasteiger charge is 2.40. The van der Waals surface area contributed by atoms with Gasteiger partial charge in [0.25, 0.3) is 0 Å². The highest BCUT2D eigenvalue weighted by Crippen LogP contribution is 2.31. The highest BCUT2D eigenvalue weighted by molar-refractivity contribution is 8.00. The summed E-state index contributed by atoms with van der Waals surface area (Å²) in [6.45, 7) is 4.15. The van der Waals surface area contributed by atoms with Crippen molar-refractivity contribution in [1.82, 2.24) is 4.90 Å². The second-order valence-electron chi connectivity index (χ2n) is 6.08. The van der Waals surface area contributed by atoms with Crippen LogP contribution in [-0.4, -0.2) is 40.4 Å². The zero-order valence-electron chi connectivity index (χ0n) is 12.7. The first-order valence-corrected chi connectivity index (χ1v) is 8.61. The van der Waals surface area contributed by atoms with E-state index in [0.29, 0.717) is 12.5 Å². The zero-order chi connectivity index (χ0) is 15.4. The van der Waals surface area contributed by atoms with Crippen molar-refractivity contribution in [3.05, 3.63) is 0 Å². The molecule has 118 valence electrons. The molecule has 1 saturated heterocycles. The first kappa shape index (κ1) is 16.3. The van der Waals surface area contributed by atoms with Crippen LogP contribution < -0.4 is 0 Å². The summed E-state index contributed by atoms with van der Waals surface area (Å²) in [7, 11) is 0. The summed E-state index contributed by atoms with van der Waals surface area (Å²) in [4.78, 5) is 36.4. The molecule has 2 fully saturated rings. The summed E-state index contributed by atoms with van der Waals surface area (Å²) < 4.78 is 4.83. The van der Waals surface area contributed by atoms with Crippen molar-refractivity contribution >= 4 is 29.5 Å². The monoisotopic (exact) mass is 313 g/mol. The molecule has 0 aromatic rings. The predicted octanol–water partition coefficient (Wildman–Crippen LogP) is 2.19. The molecule has 2 rings (SSSR count). The van der Waals surface area contributed by atoms with E-state index in [4.69, 9.17) is 4.74 Å². The van der Waals surface area contributed by atoms with E-state index in [0.717, 1.165) is 18.8 Å². The Morgan fingerprint density at radius 3 is 2.57 bits per heavy atom. The molecular weight excluding hydrogens is 290 g/mol. The third-order valence-electron chi connectivity index (χ3n) is 4.31. The Hall–Kier alpha value is -1.04. The minimum Gasteiger partial charge on any atom is -0.455 e. The van der Waals surface area contributed by atoms with Crippen LogP contribution in [0.5, 0.6) is 0 Å². The average molecular weight is 313 g/mol. The Morgan fingerprint density at radius 1 is 1.29 bits per heavy atom. The van der Waals surface area contributed by atoms with Crippen LogP contribution in [0.3, 0.4) is 0 Å². The van der Waals surface area contributed by atoms with Crippen molar-refractivity contribution in [2.45, 2.75) is 51.2 Å². The van der Waals surface area contributed by atoms with Gasteiger partial charge < -0.3 is 4.74 Å². The molecule has 1 unspecified atom stereocenters. The molecule has 2 aliphatic rings. The summed E-state index contributed by atoms with van der Waals surface area (Å²) in [5.41, 5.74) is 0. The van der Waals surface area contributed by atoms with Crippen LogP contribution in [0.1, 0.15) is 46.0 Å². The van der Waals surface area contributed by atoms with Gasteiger partial charge in [0.1, 0.15) is 5.94 Å². The van der Waals surface area contributed by atoms with E-state index in [9.17, 15) is 14.4 Å². The van der Waals surface area contributed by atoms with E-state index in [1.165, 1.54) is 36.4 Å². The fraction of sp³-hybridized carbons (Fsp3) is 0.800. The maximum absolute atomic E-state index is 12.3. The fourth-order valence-corrected chi connectivity index (χ4v) is 3.87. The second kappa shape index (κ2) is 7.29. The molecule has 0 spiro atoms. The molecule has 0 N–H and O–H groups in total. The molecule has 0 aromatic carbocycles. The lowest BCUT2D eigenvalue weighted by Crippen LogP contribution is -2.36. The van der Waals surface area contributed by atoms with Crippen LogP contribution in [0, 0.1) is 11.8 Å². The molecule has 1 heterocycles. The van der Waals surface area contributed by atoms with Gasteiger partial charge in [-0.3, -0.25) is 19.3 Å². The van der Waals surface area contributed by atoms with Gasteiger partial charge in [-0.15, -0.1) is 11.8 Å². The van der Waals surface area contributed by atoms with Gasteiger partial charge in [0.2, 0.25) is 11.8 Å². The van der Waals surface area contributed by atoms with Gasteiger partial charge >= 0.3 is 5.97 Å². The lowest BCUT2D eigenvalue weighted by molar-refractivity contribution is -0.140. The maximum Gasteiger partial charge on any atom is 0.303 e. The van der Waals surface area contributed by atoms with Crippen LogP contribution in [0.4, 0.5) is 0 Å². The Kier molecular flexibility index (Phi) is 5.67. The molecule has 0 aromatic heterocycles. The fourth-order valence-electron chi connectivity index (χ4n) is 2.94. The Morgan fingerprint density at radius 2 is 1.95 bits per heavy atom. The first-order valence-electron chi connectivity index (χ1n) is 7.56. The molecule has 1 aliphatic carbocycles. The smallest absolute Gasteiger partial charge is 0.303 e. The van der Waals surface area contributed by atoms with E-state index in [1.807, 2.05) is 0 Å². The van der Waals surface area contributed by atoms with Crippen LogP contribution >= 0.6 is 11.8 Å². The third-order valence-corrected chi connectivity index (χ3v) is 5.33. The Balaban J connectivity index is 1.82. The van der Waals surface area contributed by atoms with Gasteiger partial charge in [-0.2, -0.15) is 0 Å². The minimum absolute atomic E-state index is 0.0843. The molecule has 21 heavy (non-hydrogen) atoms. The highest BCUT2D eigenvalue weighted by atomic mass is 32.2. The SMILES string of the molecule is CC(=O)OCSC1CC(=O)N(CC2CCC(C)CC2)C1=O. The molecule has 0 bridgehead atoms. The summed E-state index contributed by atoms with van der Waals surface area (Å²) >= 11 is 1.24. The summed E-state index contributed by atoms with van der Waals surface area (Å²) in [6.07, 6.45) is 4.80. The molecule has 1 aliphatic heterocycles. The molecule has 6 heteroatoms. The predicted molar refractivity (Wildman–Crippen MR) is 80.5 cm³/mol. The number of nitrogens with zero attached hydrogens (tertiary/aromatic N) is 1. The number of likely N-dealkylation sites (tertiary alicyclic amines) is 1. The van der Waals surface area contributed by atoms with Crippen LogP contribution in [-0.2, 0) is 19.1 Å². The molecular formula is C15H23NO4S. The number of ether oxygens (including phenoxy) is 1. The number of esters is 1. The largest absolute Gasteiger partial charge is 0.455 e. The summed E-state index contributed by atoms with van der Waals surface area (Å²) in [5, 5.41) is -0.389. The molecule has 1 atom stereocenters. The topological polar surface area (TPSA) is 63.7 Å². The van der Waals surface area contributed by atoms with E-state index >= 15 is 0 Å². The Labute approximate surface area is 129 Å². The van der Waals surface area contributed by atoms with Crippen molar-refractivity contribution in [3.63, 3.8) is 0 Å². The Bertz CT molecular complexity index is 418. The lowest BCUT2D eigenvalue weighted by atomic mass is 9.83. The number of carbonyl (C=O) groups is 3. The van der Waals surface area contributed by atoms with E-state index in [2.05, 4.69) is 6.92 Å². The zero-order valence-corrected chi connectivity index (χ0v) is 13.5. The normalized spacial score (nSPS) is 29.8. The van der Waals surface area contributed by atoms with Crippen LogP contribution in [0.15, 0.2) is 0 Å². The number of hydrogen-bond acceptors (Lipinski definition) is 5. The average Bonchev–Trinajstić information content (AvgIpc) is 2.69. The van der Waals surface area contributed by atoms with E-state index in [1.54, 1.807) is 0 Å². The minimum atomic E-state index is -0.389. The van der Waals surface area contributed by atoms with Crippen molar-refractivity contribution in [3.8, 4) is 0 Å². The van der Waals surface area contributed by atoms with Crippen molar-refractivity contribution < 1.29 is 19.1 Å². The number of hydrogen-bond donors (Lipinski definition) is 0. The van der Waals surface area contributed by atoms with Crippen LogP contribution in [0.2, 0.25) is 0 Å². The van der Waals surface area contributed by atoms with Crippen molar-refractivity contribution in [1.29, 1.82) is 0 Å². The van der Waals surface area contributed by atoms with E-state index < -0.39 is 0 Å². The number of rotatable bonds is 5. The molecule has 0 radical (unpaired) electrons. The van der Waals surface area contributed by atoms with E-state index in [-0.39, 0.29) is 35.4 Å². The summed E-state index contributed by atoms with van der Waals surface area (Å²) in [5.74, 6) is 0.778. The van der Waals surface area contributed by atoms with Gasteiger partial charge in [-0.1, -0.05) is 19.8 Å². The number of imide groups is 1. The van der Waals surface area contributed by atoms with Crippen molar-refractivity contribution in [2.75, 3.05) is 12.5 Å². The maximum atomic E-state index is 12.3. The number of carbonyl (C=O) groups excluding carboxylic acids is 3. The van der Waals surface area contributed by atoms with Crippen LogP contribution in [0.25, 0.3) is 0 Å². The summed E-state index contributed by atoms with van der Waals surface area (Å²) in [6, 6.07) is 0. The lowest BCUT2D eigenvalue weighted by Gasteiger charge is -2.29.